The average molecular weight is 277 g/mol. The lowest BCUT2D eigenvalue weighted by Crippen LogP contribution is -2.35. The monoisotopic (exact) mass is 277 g/mol. The minimum Gasteiger partial charge on any atom is -0.389 e. The molecule has 1 aliphatic rings. The van der Waals surface area contributed by atoms with Gasteiger partial charge in [-0.15, -0.1) is 0 Å². The van der Waals surface area contributed by atoms with Gasteiger partial charge in [-0.1, -0.05) is 12.1 Å². The van der Waals surface area contributed by atoms with Crippen molar-refractivity contribution >= 4 is 11.5 Å². The Morgan fingerprint density at radius 2 is 1.90 bits per heavy atom. The lowest BCUT2D eigenvalue weighted by atomic mass is 9.74. The minimum absolute atomic E-state index is 0.0151. The van der Waals surface area contributed by atoms with E-state index in [0.717, 1.165) is 18.4 Å². The van der Waals surface area contributed by atoms with Crippen LogP contribution >= 0.6 is 0 Å². The van der Waals surface area contributed by atoms with E-state index < -0.39 is 10.5 Å². The summed E-state index contributed by atoms with van der Waals surface area (Å²) < 4.78 is 0. The van der Waals surface area contributed by atoms with Crippen molar-refractivity contribution in [3.63, 3.8) is 0 Å². The topological polar surface area (TPSA) is 80.4 Å². The predicted molar refractivity (Wildman–Crippen MR) is 74.6 cm³/mol. The van der Waals surface area contributed by atoms with Gasteiger partial charge in [-0.2, -0.15) is 0 Å². The van der Waals surface area contributed by atoms with Gasteiger partial charge in [0.15, 0.2) is 0 Å². The Bertz CT molecular complexity index is 501. The zero-order chi connectivity index (χ0) is 14.8. The fraction of sp³-hybridized carbons (Fsp3) is 0.533. The molecule has 20 heavy (non-hydrogen) atoms. The number of rotatable bonds is 4. The molecule has 2 rings (SSSR count). The number of nitrogens with zero attached hydrogens (tertiary/aromatic N) is 1. The molecule has 1 aromatic carbocycles. The Balaban J connectivity index is 2.00. The van der Waals surface area contributed by atoms with E-state index in [4.69, 9.17) is 0 Å². The number of nitro benzene ring substituents is 1. The van der Waals surface area contributed by atoms with Crippen LogP contribution in [-0.4, -0.2) is 21.4 Å². The van der Waals surface area contributed by atoms with Crippen LogP contribution in [0.1, 0.15) is 50.5 Å². The summed E-state index contributed by atoms with van der Waals surface area (Å²) in [5.41, 5.74) is 0.307. The van der Waals surface area contributed by atoms with E-state index in [2.05, 4.69) is 0 Å². The van der Waals surface area contributed by atoms with Crippen LogP contribution in [0.2, 0.25) is 0 Å². The summed E-state index contributed by atoms with van der Waals surface area (Å²) in [6, 6.07) is 6.62. The molecule has 5 heteroatoms. The lowest BCUT2D eigenvalue weighted by Gasteiger charge is -2.35. The molecule has 0 aliphatic heterocycles. The summed E-state index contributed by atoms with van der Waals surface area (Å²) in [6.07, 6.45) is 3.05. The van der Waals surface area contributed by atoms with E-state index in [-0.39, 0.29) is 17.9 Å². The van der Waals surface area contributed by atoms with Crippen molar-refractivity contribution in [1.82, 2.24) is 0 Å². The number of Topliss-reactive ketones (excluding diaryl/α,β-unsaturated/α-hetero) is 1. The van der Waals surface area contributed by atoms with Crippen molar-refractivity contribution in [1.29, 1.82) is 0 Å². The summed E-state index contributed by atoms with van der Waals surface area (Å²) in [7, 11) is 0. The molecule has 5 nitrogen and oxygen atoms in total. The summed E-state index contributed by atoms with van der Waals surface area (Å²) in [6.45, 7) is 1.50. The first kappa shape index (κ1) is 14.7. The summed E-state index contributed by atoms with van der Waals surface area (Å²) in [5, 5.41) is 20.9. The van der Waals surface area contributed by atoms with Crippen LogP contribution in [0.5, 0.6) is 0 Å². The SMILES string of the molecule is CC(=O)CC1(O)CCC(c2ccc([N+](=O)[O-])cc2)CC1. The molecule has 0 heterocycles. The van der Waals surface area contributed by atoms with Crippen molar-refractivity contribution in [2.75, 3.05) is 0 Å². The first-order valence-electron chi connectivity index (χ1n) is 6.86. The third-order valence-corrected chi connectivity index (χ3v) is 4.07. The van der Waals surface area contributed by atoms with Gasteiger partial charge < -0.3 is 5.11 Å². The molecule has 0 unspecified atom stereocenters. The molecular weight excluding hydrogens is 258 g/mol. The Kier molecular flexibility index (Phi) is 4.18. The van der Waals surface area contributed by atoms with Crippen molar-refractivity contribution in [3.05, 3.63) is 39.9 Å². The van der Waals surface area contributed by atoms with E-state index in [1.165, 1.54) is 19.1 Å². The van der Waals surface area contributed by atoms with Crippen molar-refractivity contribution in [2.24, 2.45) is 0 Å². The summed E-state index contributed by atoms with van der Waals surface area (Å²) in [4.78, 5) is 21.4. The number of nitro groups is 1. The van der Waals surface area contributed by atoms with Crippen molar-refractivity contribution in [3.8, 4) is 0 Å². The molecule has 0 radical (unpaired) electrons. The Morgan fingerprint density at radius 1 is 1.35 bits per heavy atom. The largest absolute Gasteiger partial charge is 0.389 e. The molecule has 0 amide bonds. The smallest absolute Gasteiger partial charge is 0.269 e. The van der Waals surface area contributed by atoms with Crippen molar-refractivity contribution in [2.45, 2.75) is 50.5 Å². The highest BCUT2D eigenvalue weighted by Crippen LogP contribution is 2.39. The van der Waals surface area contributed by atoms with Gasteiger partial charge in [0.25, 0.3) is 5.69 Å². The van der Waals surface area contributed by atoms with Gasteiger partial charge >= 0.3 is 0 Å². The first-order valence-corrected chi connectivity index (χ1v) is 6.86. The first-order chi connectivity index (χ1) is 9.39. The number of non-ortho nitro benzene ring substituents is 1. The minimum atomic E-state index is -0.858. The third kappa shape index (κ3) is 3.42. The molecule has 0 aromatic heterocycles. The normalized spacial score (nSPS) is 26.2. The van der Waals surface area contributed by atoms with Gasteiger partial charge in [0.05, 0.1) is 10.5 Å². The van der Waals surface area contributed by atoms with Gasteiger partial charge in [0, 0.05) is 18.6 Å². The molecule has 0 spiro atoms. The van der Waals surface area contributed by atoms with Crippen LogP contribution in [0.3, 0.4) is 0 Å². The van der Waals surface area contributed by atoms with Gasteiger partial charge in [-0.25, -0.2) is 0 Å². The number of hydrogen-bond acceptors (Lipinski definition) is 4. The highest BCUT2D eigenvalue weighted by molar-refractivity contribution is 5.76. The zero-order valence-electron chi connectivity index (χ0n) is 11.5. The van der Waals surface area contributed by atoms with Crippen LogP contribution in [0.15, 0.2) is 24.3 Å². The fourth-order valence-corrected chi connectivity index (χ4v) is 3.00. The highest BCUT2D eigenvalue weighted by atomic mass is 16.6. The van der Waals surface area contributed by atoms with E-state index in [1.54, 1.807) is 12.1 Å². The van der Waals surface area contributed by atoms with Crippen LogP contribution in [0.4, 0.5) is 5.69 Å². The second-order valence-corrected chi connectivity index (χ2v) is 5.73. The number of carbonyl (C=O) groups is 1. The van der Waals surface area contributed by atoms with Crippen LogP contribution < -0.4 is 0 Å². The van der Waals surface area contributed by atoms with Gasteiger partial charge in [0.1, 0.15) is 5.78 Å². The molecule has 1 N–H and O–H groups in total. The molecular formula is C15H19NO4. The molecule has 1 aromatic rings. The standard InChI is InChI=1S/C15H19NO4/c1-11(17)10-15(18)8-6-13(7-9-15)12-2-4-14(5-3-12)16(19)20/h2-5,13,18H,6-10H2,1H3. The van der Waals surface area contributed by atoms with E-state index in [0.29, 0.717) is 18.8 Å². The number of benzene rings is 1. The fourth-order valence-electron chi connectivity index (χ4n) is 3.00. The summed E-state index contributed by atoms with van der Waals surface area (Å²) >= 11 is 0. The maximum atomic E-state index is 11.1. The Hall–Kier alpha value is -1.75. The molecule has 0 atom stereocenters. The number of hydrogen-bond donors (Lipinski definition) is 1. The average Bonchev–Trinajstić information content (AvgIpc) is 2.38. The van der Waals surface area contributed by atoms with E-state index in [9.17, 15) is 20.0 Å². The van der Waals surface area contributed by atoms with E-state index >= 15 is 0 Å². The predicted octanol–water partition coefficient (Wildman–Crippen LogP) is 2.96. The Labute approximate surface area is 117 Å². The van der Waals surface area contributed by atoms with Crippen LogP contribution in [0.25, 0.3) is 0 Å². The number of aliphatic hydroxyl groups is 1. The second-order valence-electron chi connectivity index (χ2n) is 5.73. The van der Waals surface area contributed by atoms with Gasteiger partial charge in [-0.05, 0) is 44.1 Å². The molecule has 0 saturated heterocycles. The summed E-state index contributed by atoms with van der Waals surface area (Å²) in [5.74, 6) is 0.323. The van der Waals surface area contributed by atoms with Gasteiger partial charge in [0.2, 0.25) is 0 Å². The second kappa shape index (κ2) is 5.71. The molecule has 1 saturated carbocycles. The lowest BCUT2D eigenvalue weighted by molar-refractivity contribution is -0.384. The number of carbonyl (C=O) groups excluding carboxylic acids is 1. The molecule has 0 bridgehead atoms. The highest BCUT2D eigenvalue weighted by Gasteiger charge is 2.34. The molecule has 1 aliphatic carbocycles. The maximum absolute atomic E-state index is 11.1. The number of ketones is 1. The maximum Gasteiger partial charge on any atom is 0.269 e. The van der Waals surface area contributed by atoms with E-state index in [1.807, 2.05) is 0 Å². The van der Waals surface area contributed by atoms with Gasteiger partial charge in [-0.3, -0.25) is 14.9 Å². The zero-order valence-corrected chi connectivity index (χ0v) is 11.5. The molecule has 108 valence electrons. The van der Waals surface area contributed by atoms with Crippen molar-refractivity contribution < 1.29 is 14.8 Å². The Morgan fingerprint density at radius 3 is 2.35 bits per heavy atom. The third-order valence-electron chi connectivity index (χ3n) is 4.07. The van der Waals surface area contributed by atoms with Crippen LogP contribution in [-0.2, 0) is 4.79 Å². The van der Waals surface area contributed by atoms with Crippen LogP contribution in [0, 0.1) is 10.1 Å². The quantitative estimate of drug-likeness (QED) is 0.677. The molecule has 1 fully saturated rings.